The van der Waals surface area contributed by atoms with E-state index >= 15 is 0 Å². The van der Waals surface area contributed by atoms with E-state index in [0.29, 0.717) is 0 Å². The van der Waals surface area contributed by atoms with E-state index in [2.05, 4.69) is 0 Å². The maximum absolute atomic E-state index is 9.57. The van der Waals surface area contributed by atoms with Crippen molar-refractivity contribution in [2.75, 3.05) is 0 Å². The van der Waals surface area contributed by atoms with Crippen LogP contribution >= 0.6 is 0 Å². The molecule has 0 fully saturated rings. The van der Waals surface area contributed by atoms with Crippen LogP contribution < -0.4 is 5.73 Å². The van der Waals surface area contributed by atoms with Crippen molar-refractivity contribution in [3.63, 3.8) is 0 Å². The topological polar surface area (TPSA) is 63.3 Å². The maximum atomic E-state index is 9.57. The van der Waals surface area contributed by atoms with Gasteiger partial charge in [0.1, 0.15) is 6.04 Å². The summed E-state index contributed by atoms with van der Waals surface area (Å²) in [6, 6.07) is -0.731. The third-order valence-corrected chi connectivity index (χ3v) is 0.390. The Kier molecular flexibility index (Phi) is 1.60. The van der Waals surface area contributed by atoms with Crippen LogP contribution in [0.3, 0.4) is 0 Å². The number of aliphatic carboxylic acids is 1. The van der Waals surface area contributed by atoms with Crippen molar-refractivity contribution in [3.05, 3.63) is 0 Å². The Labute approximate surface area is 35.8 Å². The molecular formula is C3H7NO2. The van der Waals surface area contributed by atoms with Crippen LogP contribution in [-0.4, -0.2) is 17.1 Å². The van der Waals surface area contributed by atoms with Gasteiger partial charge < -0.3 is 10.8 Å². The number of carbonyl (C=O) groups is 1. The number of nitrogens with two attached hydrogens (primary N) is 1. The molecule has 0 rings (SSSR count). The van der Waals surface area contributed by atoms with Gasteiger partial charge in [-0.05, 0) is 6.92 Å². The molecule has 0 aromatic carbocycles. The Morgan fingerprint density at radius 2 is 2.17 bits per heavy atom. The van der Waals surface area contributed by atoms with E-state index in [1.165, 1.54) is 6.92 Å². The SMILES string of the molecule is CC(N)[11C](=O)O. The van der Waals surface area contributed by atoms with Crippen LogP contribution in [0.4, 0.5) is 0 Å². The predicted molar refractivity (Wildman–Crippen MR) is 21.3 cm³/mol. The van der Waals surface area contributed by atoms with Crippen LogP contribution in [-0.2, 0) is 4.79 Å². The third-order valence-electron chi connectivity index (χ3n) is 0.390. The van der Waals surface area contributed by atoms with Crippen molar-refractivity contribution in [2.24, 2.45) is 5.73 Å². The standard InChI is InChI=1S/C3H7NO2/c1-2(4)3(5)6/h2H,4H2,1H3,(H,5,6)/i3-1. The minimum atomic E-state index is -0.963. The summed E-state index contributed by atoms with van der Waals surface area (Å²) in [7, 11) is 0. The van der Waals surface area contributed by atoms with Crippen LogP contribution in [0.1, 0.15) is 6.92 Å². The fraction of sp³-hybridized carbons (Fsp3) is 0.667. The molecule has 0 heterocycles. The molecular weight excluding hydrogens is 81.0 g/mol. The summed E-state index contributed by atoms with van der Waals surface area (Å²) in [4.78, 5) is 9.57. The lowest BCUT2D eigenvalue weighted by Crippen LogP contribution is -2.25. The molecule has 0 aromatic rings. The molecule has 3 heteroatoms. The second-order valence-electron chi connectivity index (χ2n) is 1.13. The number of hydrogen-bond donors (Lipinski definition) is 2. The molecule has 6 heavy (non-hydrogen) atoms. The van der Waals surface area contributed by atoms with Crippen molar-refractivity contribution in [3.8, 4) is 0 Å². The van der Waals surface area contributed by atoms with E-state index in [0.717, 1.165) is 0 Å². The monoisotopic (exact) mass is 88.1 g/mol. The fourth-order valence-corrected chi connectivity index (χ4v) is 0. The molecule has 0 aromatic heterocycles. The Morgan fingerprint density at radius 3 is 2.17 bits per heavy atom. The van der Waals surface area contributed by atoms with Crippen LogP contribution in [0.5, 0.6) is 0 Å². The highest BCUT2D eigenvalue weighted by atomic mass is 16.3. The first-order valence-electron chi connectivity index (χ1n) is 1.63. The lowest BCUT2D eigenvalue weighted by atomic mass is 9.98. The van der Waals surface area contributed by atoms with Crippen molar-refractivity contribution in [2.45, 2.75) is 13.0 Å². The summed E-state index contributed by atoms with van der Waals surface area (Å²) in [6.07, 6.45) is 0. The zero-order valence-electron chi connectivity index (χ0n) is 3.51. The third kappa shape index (κ3) is 1.72. The van der Waals surface area contributed by atoms with E-state index < -0.39 is 12.0 Å². The van der Waals surface area contributed by atoms with Crippen molar-refractivity contribution < 1.29 is 9.90 Å². The van der Waals surface area contributed by atoms with Crippen molar-refractivity contribution in [1.82, 2.24) is 0 Å². The normalized spacial score (nSPS) is 13.7. The Balaban J connectivity index is 3.26. The molecule has 0 saturated carbocycles. The highest BCUT2D eigenvalue weighted by Gasteiger charge is 1.99. The van der Waals surface area contributed by atoms with Gasteiger partial charge in [0.2, 0.25) is 0 Å². The van der Waals surface area contributed by atoms with Gasteiger partial charge in [0, 0.05) is 0 Å². The minimum absolute atomic E-state index is 0.731. The summed E-state index contributed by atoms with van der Waals surface area (Å²) >= 11 is 0. The van der Waals surface area contributed by atoms with E-state index in [4.69, 9.17) is 10.8 Å². The zero-order chi connectivity index (χ0) is 5.15. The average molecular weight is 88.1 g/mol. The molecule has 0 aliphatic carbocycles. The molecule has 3 N–H and O–H groups in total. The Hall–Kier alpha value is -0.570. The quantitative estimate of drug-likeness (QED) is 0.450. The summed E-state index contributed by atoms with van der Waals surface area (Å²) in [5, 5.41) is 7.87. The minimum Gasteiger partial charge on any atom is -0.480 e. The van der Waals surface area contributed by atoms with Gasteiger partial charge in [-0.25, -0.2) is 0 Å². The largest absolute Gasteiger partial charge is 0.480 e. The first-order valence-corrected chi connectivity index (χ1v) is 1.63. The van der Waals surface area contributed by atoms with E-state index in [1.54, 1.807) is 0 Å². The van der Waals surface area contributed by atoms with Gasteiger partial charge in [-0.1, -0.05) is 0 Å². The molecule has 1 atom stereocenters. The number of rotatable bonds is 1. The molecule has 36 valence electrons. The number of hydrogen-bond acceptors (Lipinski definition) is 2. The van der Waals surface area contributed by atoms with Crippen molar-refractivity contribution in [1.29, 1.82) is 0 Å². The molecule has 0 radical (unpaired) electrons. The van der Waals surface area contributed by atoms with Gasteiger partial charge in [0.15, 0.2) is 0 Å². The average Bonchev–Trinajstić information content (AvgIpc) is 1.36. The van der Waals surface area contributed by atoms with Gasteiger partial charge >= 0.3 is 5.97 Å². The highest BCUT2D eigenvalue weighted by molar-refractivity contribution is 5.72. The van der Waals surface area contributed by atoms with Gasteiger partial charge in [-0.15, -0.1) is 0 Å². The van der Waals surface area contributed by atoms with Gasteiger partial charge in [0.05, 0.1) is 0 Å². The molecule has 0 spiro atoms. The number of carboxylic acids is 1. The Bertz CT molecular complexity index is 59.8. The summed E-state index contributed by atoms with van der Waals surface area (Å²) in [5.41, 5.74) is 4.84. The van der Waals surface area contributed by atoms with Crippen molar-refractivity contribution >= 4 is 5.97 Å². The molecule has 3 nitrogen and oxygen atoms in total. The molecule has 0 aliphatic rings. The second-order valence-corrected chi connectivity index (χ2v) is 1.13. The van der Waals surface area contributed by atoms with Crippen LogP contribution in [0.25, 0.3) is 0 Å². The maximum Gasteiger partial charge on any atom is 0.320 e. The molecule has 0 aliphatic heterocycles. The van der Waals surface area contributed by atoms with Crippen LogP contribution in [0.2, 0.25) is 0 Å². The zero-order valence-corrected chi connectivity index (χ0v) is 3.51. The van der Waals surface area contributed by atoms with Crippen LogP contribution in [0, 0.1) is 0 Å². The van der Waals surface area contributed by atoms with Crippen LogP contribution in [0.15, 0.2) is 0 Å². The lowest BCUT2D eigenvalue weighted by Gasteiger charge is -1.90. The summed E-state index contributed by atoms with van der Waals surface area (Å²) < 4.78 is 0. The smallest absolute Gasteiger partial charge is 0.320 e. The van der Waals surface area contributed by atoms with Gasteiger partial charge in [-0.2, -0.15) is 0 Å². The summed E-state index contributed by atoms with van der Waals surface area (Å²) in [6.45, 7) is 1.42. The number of carboxylic acid groups (broad SMARTS) is 1. The predicted octanol–water partition coefficient (Wildman–Crippen LogP) is -0.582. The van der Waals surface area contributed by atoms with Gasteiger partial charge in [0.25, 0.3) is 0 Å². The molecule has 0 saturated heterocycles. The Morgan fingerprint density at radius 1 is 2.00 bits per heavy atom. The first-order chi connectivity index (χ1) is 2.64. The fourth-order valence-electron chi connectivity index (χ4n) is 0. The van der Waals surface area contributed by atoms with E-state index in [9.17, 15) is 4.79 Å². The van der Waals surface area contributed by atoms with Gasteiger partial charge in [-0.3, -0.25) is 4.79 Å². The summed E-state index contributed by atoms with van der Waals surface area (Å²) in [5.74, 6) is -0.963. The van der Waals surface area contributed by atoms with E-state index in [1.807, 2.05) is 0 Å². The van der Waals surface area contributed by atoms with E-state index in [-0.39, 0.29) is 0 Å². The molecule has 1 unspecified atom stereocenters. The molecule has 0 bridgehead atoms. The molecule has 0 amide bonds. The highest BCUT2D eigenvalue weighted by Crippen LogP contribution is 1.68. The second kappa shape index (κ2) is 1.77. The first kappa shape index (κ1) is 5.43. The lowest BCUT2D eigenvalue weighted by molar-refractivity contribution is -0.138.